The zero-order valence-electron chi connectivity index (χ0n) is 35.4. The minimum atomic E-state index is -2.37. The van der Waals surface area contributed by atoms with Gasteiger partial charge in [-0.05, 0) is 77.8 Å². The van der Waals surface area contributed by atoms with Crippen LogP contribution in [0, 0.1) is 0 Å². The standard InChI is InChI=1S/C17H39NOSi.C11H27NO3Si.C9H24N2O3Si/c1-4-16-19-20(2,3)17-14-12-10-8-6-5-7-9-11-13-15-18;1-13-16(14-2,15-3)11-9-7-5-4-6-8-10-12;1-4-14-15(12-2,13-3)9-5-7-11-8-6-10/h4-18H2,1-3H3;4-12H2,1-3H3;11H,4-10H2,1-3H3. The Hall–Kier alpha value is 0.211. The van der Waals surface area contributed by atoms with Gasteiger partial charge in [-0.2, -0.15) is 0 Å². The molecule has 0 heterocycles. The predicted molar refractivity (Wildman–Crippen MR) is 225 cm³/mol. The van der Waals surface area contributed by atoms with Crippen LogP contribution in [0.3, 0.4) is 0 Å². The molecule has 0 bridgehead atoms. The maximum atomic E-state index is 6.00. The number of unbranched alkanes of at least 4 members (excludes halogenated alkanes) is 14. The average Bonchev–Trinajstić information content (AvgIpc) is 3.14. The van der Waals surface area contributed by atoms with Gasteiger partial charge in [0.1, 0.15) is 0 Å². The van der Waals surface area contributed by atoms with Crippen molar-refractivity contribution in [2.75, 3.05) is 81.5 Å². The zero-order chi connectivity index (χ0) is 39.0. The molecule has 0 aliphatic rings. The van der Waals surface area contributed by atoms with Crippen molar-refractivity contribution in [2.24, 2.45) is 17.2 Å². The minimum absolute atomic E-state index is 0.629. The van der Waals surface area contributed by atoms with Crippen molar-refractivity contribution < 1.29 is 31.0 Å². The Kier molecular flexibility index (Phi) is 45.1. The third-order valence-electron chi connectivity index (χ3n) is 8.94. The van der Waals surface area contributed by atoms with Gasteiger partial charge in [0.2, 0.25) is 0 Å². The fraction of sp³-hybridized carbons (Fsp3) is 1.00. The summed E-state index contributed by atoms with van der Waals surface area (Å²) in [4.78, 5) is 0. The molecule has 0 rings (SSSR count). The number of nitrogens with one attached hydrogen (secondary N) is 1. The van der Waals surface area contributed by atoms with Crippen LogP contribution in [0.15, 0.2) is 0 Å². The Morgan fingerprint density at radius 1 is 0.431 bits per heavy atom. The maximum Gasteiger partial charge on any atom is 0.500 e. The minimum Gasteiger partial charge on any atom is -0.417 e. The monoisotopic (exact) mass is 787 g/mol. The van der Waals surface area contributed by atoms with E-state index in [4.69, 9.17) is 48.2 Å². The fourth-order valence-corrected chi connectivity index (χ4v) is 11.5. The normalized spacial score (nSPS) is 12.0. The summed E-state index contributed by atoms with van der Waals surface area (Å²) in [7, 11) is 2.29. The van der Waals surface area contributed by atoms with E-state index >= 15 is 0 Å². The van der Waals surface area contributed by atoms with Crippen molar-refractivity contribution in [3.8, 4) is 0 Å². The van der Waals surface area contributed by atoms with E-state index in [9.17, 15) is 0 Å². The molecule has 7 N–H and O–H groups in total. The summed E-state index contributed by atoms with van der Waals surface area (Å²) < 4.78 is 38.4. The second-order valence-electron chi connectivity index (χ2n) is 13.8. The van der Waals surface area contributed by atoms with E-state index in [1.54, 1.807) is 35.5 Å². The molecule has 0 radical (unpaired) electrons. The van der Waals surface area contributed by atoms with Gasteiger partial charge in [-0.3, -0.25) is 0 Å². The molecule has 0 aromatic carbocycles. The molecular formula is C37H90N4O7Si3. The Morgan fingerprint density at radius 3 is 1.20 bits per heavy atom. The number of rotatable bonds is 36. The molecule has 0 fully saturated rings. The first-order chi connectivity index (χ1) is 24.6. The SMILES string of the molecule is CCCO[Si](C)(C)CCCCCCCCCCCCN.CCO[Si](CCCNCCN)(OC)OC.CO[Si](CCCCCCCCN)(OC)OC. The summed E-state index contributed by atoms with van der Waals surface area (Å²) in [6.45, 7) is 14.6. The zero-order valence-corrected chi connectivity index (χ0v) is 38.4. The molecular weight excluding hydrogens is 697 g/mol. The van der Waals surface area contributed by atoms with Crippen LogP contribution in [0.4, 0.5) is 0 Å². The second kappa shape index (κ2) is 41.4. The summed E-state index contributed by atoms with van der Waals surface area (Å²) >= 11 is 0. The number of nitrogens with two attached hydrogens (primary N) is 3. The van der Waals surface area contributed by atoms with Gasteiger partial charge in [0, 0.05) is 73.9 Å². The number of hydrogen-bond donors (Lipinski definition) is 4. The first-order valence-electron chi connectivity index (χ1n) is 20.5. The largest absolute Gasteiger partial charge is 0.500 e. The highest BCUT2D eigenvalue weighted by Gasteiger charge is 2.38. The molecule has 11 nitrogen and oxygen atoms in total. The lowest BCUT2D eigenvalue weighted by Crippen LogP contribution is -2.44. The Labute approximate surface area is 320 Å². The highest BCUT2D eigenvalue weighted by atomic mass is 28.4. The Bertz CT molecular complexity index is 661. The molecule has 0 unspecified atom stereocenters. The average molecular weight is 787 g/mol. The molecule has 0 aliphatic carbocycles. The molecule has 0 aromatic rings. The molecule has 0 saturated heterocycles. The van der Waals surface area contributed by atoms with Gasteiger partial charge in [-0.15, -0.1) is 0 Å². The molecule has 0 saturated carbocycles. The van der Waals surface area contributed by atoms with Crippen LogP contribution in [-0.2, 0) is 31.0 Å². The molecule has 0 aromatic heterocycles. The van der Waals surface area contributed by atoms with Crippen LogP contribution in [0.1, 0.15) is 129 Å². The van der Waals surface area contributed by atoms with E-state index in [1.165, 1.54) is 95.9 Å². The van der Waals surface area contributed by atoms with Crippen molar-refractivity contribution in [1.82, 2.24) is 5.32 Å². The van der Waals surface area contributed by atoms with Gasteiger partial charge < -0.3 is 53.5 Å². The highest BCUT2D eigenvalue weighted by molar-refractivity contribution is 6.71. The van der Waals surface area contributed by atoms with Gasteiger partial charge in [-0.1, -0.05) is 90.4 Å². The molecule has 0 amide bonds. The van der Waals surface area contributed by atoms with Crippen LogP contribution in [0.2, 0.25) is 31.2 Å². The van der Waals surface area contributed by atoms with Crippen molar-refractivity contribution in [3.63, 3.8) is 0 Å². The van der Waals surface area contributed by atoms with E-state index in [-0.39, 0.29) is 0 Å². The van der Waals surface area contributed by atoms with Crippen LogP contribution in [0.25, 0.3) is 0 Å². The molecule has 14 heteroatoms. The summed E-state index contributed by atoms with van der Waals surface area (Å²) in [5, 5.41) is 3.23. The van der Waals surface area contributed by atoms with E-state index in [0.717, 1.165) is 70.6 Å². The summed E-state index contributed by atoms with van der Waals surface area (Å²) in [5.41, 5.74) is 16.3. The molecule has 0 spiro atoms. The second-order valence-corrected chi connectivity index (χ2v) is 24.2. The van der Waals surface area contributed by atoms with Gasteiger partial charge in [0.05, 0.1) is 0 Å². The van der Waals surface area contributed by atoms with Crippen molar-refractivity contribution >= 4 is 25.9 Å². The predicted octanol–water partition coefficient (Wildman–Crippen LogP) is 7.83. The highest BCUT2D eigenvalue weighted by Crippen LogP contribution is 2.19. The van der Waals surface area contributed by atoms with Crippen molar-refractivity contribution in [1.29, 1.82) is 0 Å². The third-order valence-corrected chi connectivity index (χ3v) is 17.3. The molecule has 51 heavy (non-hydrogen) atoms. The van der Waals surface area contributed by atoms with E-state index in [2.05, 4.69) is 25.3 Å². The molecule has 0 aliphatic heterocycles. The topological polar surface area (TPSA) is 155 Å². The lowest BCUT2D eigenvalue weighted by atomic mass is 10.1. The first kappa shape index (κ1) is 55.5. The van der Waals surface area contributed by atoms with E-state index < -0.39 is 25.9 Å². The molecule has 0 atom stereocenters. The Balaban J connectivity index is -0.000000687. The summed E-state index contributed by atoms with van der Waals surface area (Å²) in [5.74, 6) is 0. The van der Waals surface area contributed by atoms with E-state index in [0.29, 0.717) is 13.2 Å². The van der Waals surface area contributed by atoms with Crippen LogP contribution in [0.5, 0.6) is 0 Å². The summed E-state index contributed by atoms with van der Waals surface area (Å²) in [6.07, 6.45) is 23.2. The quantitative estimate of drug-likeness (QED) is 0.0363. The van der Waals surface area contributed by atoms with Crippen LogP contribution < -0.4 is 22.5 Å². The van der Waals surface area contributed by atoms with Crippen LogP contribution >= 0.6 is 0 Å². The van der Waals surface area contributed by atoms with Gasteiger partial charge >= 0.3 is 17.6 Å². The van der Waals surface area contributed by atoms with Gasteiger partial charge in [0.15, 0.2) is 8.32 Å². The third kappa shape index (κ3) is 36.9. The smallest absolute Gasteiger partial charge is 0.417 e. The summed E-state index contributed by atoms with van der Waals surface area (Å²) in [6, 6.07) is 3.09. The van der Waals surface area contributed by atoms with Crippen molar-refractivity contribution in [2.45, 2.75) is 161 Å². The van der Waals surface area contributed by atoms with Crippen molar-refractivity contribution in [3.05, 3.63) is 0 Å². The van der Waals surface area contributed by atoms with Crippen LogP contribution in [-0.4, -0.2) is 107 Å². The lowest BCUT2D eigenvalue weighted by molar-refractivity contribution is 0.103. The molecule has 312 valence electrons. The fourth-order valence-electron chi connectivity index (χ4n) is 5.66. The van der Waals surface area contributed by atoms with Gasteiger partial charge in [-0.25, -0.2) is 0 Å². The number of hydrogen-bond acceptors (Lipinski definition) is 11. The van der Waals surface area contributed by atoms with Gasteiger partial charge in [0.25, 0.3) is 0 Å². The lowest BCUT2D eigenvalue weighted by Gasteiger charge is -2.25. The van der Waals surface area contributed by atoms with E-state index in [1.807, 2.05) is 6.92 Å². The first-order valence-corrected chi connectivity index (χ1v) is 27.4. The Morgan fingerprint density at radius 2 is 0.824 bits per heavy atom. The maximum absolute atomic E-state index is 6.00.